The first-order valence-corrected chi connectivity index (χ1v) is 13.0. The Morgan fingerprint density at radius 2 is 2.05 bits per heavy atom. The second kappa shape index (κ2) is 9.96. The summed E-state index contributed by atoms with van der Waals surface area (Å²) in [6.07, 6.45) is 10.5. The van der Waals surface area contributed by atoms with Crippen molar-refractivity contribution in [2.24, 2.45) is 0 Å². The number of nitrogens with zero attached hydrogens (tertiary/aromatic N) is 7. The lowest BCUT2D eigenvalue weighted by Crippen LogP contribution is -2.49. The fraction of sp³-hybridized carbons (Fsp3) is 0.429. The predicted octanol–water partition coefficient (Wildman–Crippen LogP) is 4.34. The normalized spacial score (nSPS) is 19.8. The SMILES string of the molecule is Cc1nn([C@@H]2CCCN(C3COC3)CC2)cc1-c1cc(O[C@H](C)c2ccccn2)c2c(C#N)cnn2c1. The molecule has 2 saturated heterocycles. The predicted molar refractivity (Wildman–Crippen MR) is 138 cm³/mol. The number of aryl methyl sites for hydroxylation is 1. The van der Waals surface area contributed by atoms with Crippen molar-refractivity contribution in [2.45, 2.75) is 51.3 Å². The molecule has 4 aromatic heterocycles. The van der Waals surface area contributed by atoms with Crippen LogP contribution in [0.4, 0.5) is 0 Å². The topological polar surface area (TPSA) is 93.5 Å². The molecule has 2 aliphatic heterocycles. The Balaban J connectivity index is 1.31. The summed E-state index contributed by atoms with van der Waals surface area (Å²) >= 11 is 0. The molecule has 0 saturated carbocycles. The van der Waals surface area contributed by atoms with Gasteiger partial charge in [0.1, 0.15) is 29.0 Å². The van der Waals surface area contributed by atoms with Crippen molar-refractivity contribution in [1.29, 1.82) is 5.26 Å². The fourth-order valence-corrected chi connectivity index (χ4v) is 5.39. The lowest BCUT2D eigenvalue weighted by Gasteiger charge is -2.36. The molecule has 6 heterocycles. The molecule has 0 N–H and O–H groups in total. The summed E-state index contributed by atoms with van der Waals surface area (Å²) in [5.74, 6) is 0.602. The van der Waals surface area contributed by atoms with Crippen LogP contribution in [-0.4, -0.2) is 61.6 Å². The van der Waals surface area contributed by atoms with Gasteiger partial charge in [-0.25, -0.2) is 4.52 Å². The van der Waals surface area contributed by atoms with Crippen molar-refractivity contribution in [3.8, 4) is 22.9 Å². The molecule has 9 heteroatoms. The van der Waals surface area contributed by atoms with E-state index >= 15 is 0 Å². The molecule has 6 rings (SSSR count). The van der Waals surface area contributed by atoms with E-state index in [-0.39, 0.29) is 6.10 Å². The van der Waals surface area contributed by atoms with Gasteiger partial charge in [0, 0.05) is 36.3 Å². The van der Waals surface area contributed by atoms with E-state index in [0.717, 1.165) is 68.1 Å². The molecule has 2 fully saturated rings. The van der Waals surface area contributed by atoms with E-state index in [9.17, 15) is 5.26 Å². The van der Waals surface area contributed by atoms with Gasteiger partial charge in [0.2, 0.25) is 0 Å². The Morgan fingerprint density at radius 1 is 1.16 bits per heavy atom. The molecule has 0 unspecified atom stereocenters. The first kappa shape index (κ1) is 23.6. The molecule has 9 nitrogen and oxygen atoms in total. The van der Waals surface area contributed by atoms with Crippen LogP contribution in [0.3, 0.4) is 0 Å². The maximum absolute atomic E-state index is 9.68. The van der Waals surface area contributed by atoms with Gasteiger partial charge >= 0.3 is 0 Å². The van der Waals surface area contributed by atoms with E-state index in [1.807, 2.05) is 44.3 Å². The van der Waals surface area contributed by atoms with Gasteiger partial charge in [0.25, 0.3) is 0 Å². The fourth-order valence-electron chi connectivity index (χ4n) is 5.39. The highest BCUT2D eigenvalue weighted by molar-refractivity contribution is 5.76. The molecular weight excluding hydrogens is 466 g/mol. The van der Waals surface area contributed by atoms with Gasteiger partial charge in [-0.15, -0.1) is 0 Å². The Kier molecular flexibility index (Phi) is 6.37. The Labute approximate surface area is 216 Å². The number of pyridine rings is 2. The van der Waals surface area contributed by atoms with Crippen LogP contribution in [0.25, 0.3) is 16.6 Å². The van der Waals surface area contributed by atoms with Gasteiger partial charge in [-0.2, -0.15) is 15.5 Å². The van der Waals surface area contributed by atoms with Crippen molar-refractivity contribution >= 4 is 5.52 Å². The molecule has 190 valence electrons. The van der Waals surface area contributed by atoms with Crippen LogP contribution in [0.2, 0.25) is 0 Å². The van der Waals surface area contributed by atoms with Crippen LogP contribution in [0.1, 0.15) is 55.3 Å². The maximum Gasteiger partial charge on any atom is 0.148 e. The molecule has 0 bridgehead atoms. The highest BCUT2D eigenvalue weighted by Gasteiger charge is 2.29. The minimum atomic E-state index is -0.291. The van der Waals surface area contributed by atoms with Crippen molar-refractivity contribution in [3.05, 3.63) is 66.0 Å². The van der Waals surface area contributed by atoms with Crippen LogP contribution in [-0.2, 0) is 4.74 Å². The highest BCUT2D eigenvalue weighted by atomic mass is 16.5. The van der Waals surface area contributed by atoms with Gasteiger partial charge in [0.05, 0.1) is 42.9 Å². The molecule has 4 aromatic rings. The second-order valence-electron chi connectivity index (χ2n) is 9.99. The van der Waals surface area contributed by atoms with Crippen LogP contribution in [0, 0.1) is 18.3 Å². The largest absolute Gasteiger partial charge is 0.482 e. The molecular formula is C28H31N7O2. The number of hydrogen-bond acceptors (Lipinski definition) is 7. The van der Waals surface area contributed by atoms with E-state index in [0.29, 0.717) is 28.9 Å². The van der Waals surface area contributed by atoms with Gasteiger partial charge in [-0.3, -0.25) is 14.6 Å². The van der Waals surface area contributed by atoms with Crippen LogP contribution in [0.5, 0.6) is 5.75 Å². The van der Waals surface area contributed by atoms with E-state index in [4.69, 9.17) is 14.6 Å². The van der Waals surface area contributed by atoms with Gasteiger partial charge < -0.3 is 9.47 Å². The molecule has 2 aliphatic rings. The number of aromatic nitrogens is 5. The van der Waals surface area contributed by atoms with E-state index in [1.165, 1.54) is 0 Å². The number of hydrogen-bond donors (Lipinski definition) is 0. The Hall–Kier alpha value is -3.74. The summed E-state index contributed by atoms with van der Waals surface area (Å²) in [5.41, 5.74) is 4.91. The zero-order valence-corrected chi connectivity index (χ0v) is 21.2. The third kappa shape index (κ3) is 4.59. The Morgan fingerprint density at radius 3 is 2.81 bits per heavy atom. The molecule has 0 aliphatic carbocycles. The molecule has 0 spiro atoms. The molecule has 0 aromatic carbocycles. The van der Waals surface area contributed by atoms with Crippen molar-refractivity contribution in [1.82, 2.24) is 29.3 Å². The number of nitriles is 1. The van der Waals surface area contributed by atoms with E-state index in [1.54, 1.807) is 16.9 Å². The minimum Gasteiger partial charge on any atom is -0.482 e. The zero-order chi connectivity index (χ0) is 25.4. The average Bonchev–Trinajstić information content (AvgIpc) is 3.40. The molecule has 2 atom stereocenters. The molecule has 0 radical (unpaired) electrons. The lowest BCUT2D eigenvalue weighted by atomic mass is 10.1. The number of likely N-dealkylation sites (tertiary alicyclic amines) is 1. The zero-order valence-electron chi connectivity index (χ0n) is 21.2. The smallest absolute Gasteiger partial charge is 0.148 e. The number of ether oxygens (including phenoxy) is 2. The summed E-state index contributed by atoms with van der Waals surface area (Å²) in [6, 6.07) is 11.0. The second-order valence-corrected chi connectivity index (χ2v) is 9.99. The Bertz CT molecular complexity index is 1430. The summed E-state index contributed by atoms with van der Waals surface area (Å²) in [7, 11) is 0. The number of rotatable bonds is 6. The number of fused-ring (bicyclic) bond motifs is 1. The van der Waals surface area contributed by atoms with Gasteiger partial charge in [-0.05, 0) is 57.9 Å². The first-order valence-electron chi connectivity index (χ1n) is 13.0. The van der Waals surface area contributed by atoms with E-state index in [2.05, 4.69) is 31.9 Å². The van der Waals surface area contributed by atoms with Crippen LogP contribution in [0.15, 0.2) is 49.1 Å². The summed E-state index contributed by atoms with van der Waals surface area (Å²) in [4.78, 5) is 7.01. The van der Waals surface area contributed by atoms with Crippen molar-refractivity contribution < 1.29 is 9.47 Å². The monoisotopic (exact) mass is 497 g/mol. The lowest BCUT2D eigenvalue weighted by molar-refractivity contribution is -0.0638. The third-order valence-electron chi connectivity index (χ3n) is 7.58. The van der Waals surface area contributed by atoms with Gasteiger partial charge in [0.15, 0.2) is 0 Å². The summed E-state index contributed by atoms with van der Waals surface area (Å²) in [6.45, 7) is 7.94. The average molecular weight is 498 g/mol. The van der Waals surface area contributed by atoms with Crippen LogP contribution >= 0.6 is 0 Å². The molecule has 0 amide bonds. The van der Waals surface area contributed by atoms with Crippen molar-refractivity contribution in [2.75, 3.05) is 26.3 Å². The summed E-state index contributed by atoms with van der Waals surface area (Å²) < 4.78 is 15.7. The molecule has 37 heavy (non-hydrogen) atoms. The van der Waals surface area contributed by atoms with Crippen molar-refractivity contribution in [3.63, 3.8) is 0 Å². The highest BCUT2D eigenvalue weighted by Crippen LogP contribution is 2.35. The van der Waals surface area contributed by atoms with Gasteiger partial charge in [-0.1, -0.05) is 6.07 Å². The van der Waals surface area contributed by atoms with E-state index < -0.39 is 0 Å². The van der Waals surface area contributed by atoms with Crippen LogP contribution < -0.4 is 4.74 Å². The minimum absolute atomic E-state index is 0.291. The summed E-state index contributed by atoms with van der Waals surface area (Å²) in [5, 5.41) is 19.1. The first-order chi connectivity index (χ1) is 18.1. The maximum atomic E-state index is 9.68. The standard InChI is InChI=1S/C28H31N7O2/c1-19-25(16-34(32-19)23-6-5-10-33(11-8-23)24-17-36-18-24)21-12-27(28-22(13-29)14-31-35(28)15-21)37-20(2)26-7-3-4-9-30-26/h3-4,7,9,12,14-16,20,23-24H,5-6,8,10-11,17-18H2,1-2H3/t20-,23-/m1/s1. The third-order valence-corrected chi connectivity index (χ3v) is 7.58. The quantitative estimate of drug-likeness (QED) is 0.391.